The first kappa shape index (κ1) is 19.1. The van der Waals surface area contributed by atoms with Gasteiger partial charge in [-0.15, -0.1) is 0 Å². The first-order chi connectivity index (χ1) is 14.3. The van der Waals surface area contributed by atoms with Crippen LogP contribution in [0.1, 0.15) is 10.4 Å². The van der Waals surface area contributed by atoms with Crippen LogP contribution in [0, 0.1) is 0 Å². The van der Waals surface area contributed by atoms with Gasteiger partial charge in [0.05, 0.1) is 37.2 Å². The van der Waals surface area contributed by atoms with E-state index in [0.29, 0.717) is 22.9 Å². The fourth-order valence-corrected chi connectivity index (χ4v) is 3.01. The molecule has 0 radical (unpaired) electrons. The van der Waals surface area contributed by atoms with Crippen molar-refractivity contribution in [2.45, 2.75) is 6.54 Å². The standard InChI is InChI=1S/C21H23N5O3/c27-21(17-6-7-20(22-14-17)29-19-4-2-1-3-5-19)24-18-15-23-26(16-18)9-8-25-10-12-28-13-11-25/h1-7,14-16H,8-13H2,(H,24,27). The summed E-state index contributed by atoms with van der Waals surface area (Å²) in [7, 11) is 0. The Morgan fingerprint density at radius 3 is 2.66 bits per heavy atom. The molecule has 0 spiro atoms. The molecule has 1 amide bonds. The number of morpholine rings is 1. The molecule has 0 aliphatic carbocycles. The van der Waals surface area contributed by atoms with Crippen molar-refractivity contribution in [2.75, 3.05) is 38.2 Å². The third-order valence-corrected chi connectivity index (χ3v) is 4.60. The summed E-state index contributed by atoms with van der Waals surface area (Å²) in [6, 6.07) is 12.7. The molecule has 1 N–H and O–H groups in total. The smallest absolute Gasteiger partial charge is 0.257 e. The van der Waals surface area contributed by atoms with Crippen LogP contribution in [0.2, 0.25) is 0 Å². The van der Waals surface area contributed by atoms with Crippen LogP contribution in [0.3, 0.4) is 0 Å². The lowest BCUT2D eigenvalue weighted by Crippen LogP contribution is -2.38. The van der Waals surface area contributed by atoms with Crippen LogP contribution in [0.15, 0.2) is 61.1 Å². The molecule has 8 heteroatoms. The molecule has 8 nitrogen and oxygen atoms in total. The zero-order valence-electron chi connectivity index (χ0n) is 16.0. The van der Waals surface area contributed by atoms with Gasteiger partial charge in [0.2, 0.25) is 5.88 Å². The first-order valence-electron chi connectivity index (χ1n) is 9.59. The Hall–Kier alpha value is -3.23. The molecule has 0 saturated carbocycles. The number of benzene rings is 1. The Balaban J connectivity index is 1.29. The Morgan fingerprint density at radius 2 is 1.90 bits per heavy atom. The van der Waals surface area contributed by atoms with Gasteiger partial charge in [0.1, 0.15) is 5.75 Å². The molecule has 0 atom stereocenters. The zero-order chi connectivity index (χ0) is 19.9. The molecule has 1 saturated heterocycles. The summed E-state index contributed by atoms with van der Waals surface area (Å²) in [6.45, 7) is 5.13. The predicted molar refractivity (Wildman–Crippen MR) is 108 cm³/mol. The van der Waals surface area contributed by atoms with Gasteiger partial charge in [-0.1, -0.05) is 18.2 Å². The number of para-hydroxylation sites is 1. The number of pyridine rings is 1. The number of amides is 1. The normalized spacial score (nSPS) is 14.5. The molecule has 0 unspecified atom stereocenters. The van der Waals surface area contributed by atoms with Gasteiger partial charge in [-0.05, 0) is 18.2 Å². The molecule has 0 bridgehead atoms. The molecule has 150 valence electrons. The molecule has 1 aromatic carbocycles. The summed E-state index contributed by atoms with van der Waals surface area (Å²) in [5.41, 5.74) is 1.10. The second-order valence-electron chi connectivity index (χ2n) is 6.70. The molecule has 29 heavy (non-hydrogen) atoms. The number of rotatable bonds is 7. The van der Waals surface area contributed by atoms with Gasteiger partial charge in [0, 0.05) is 38.1 Å². The van der Waals surface area contributed by atoms with E-state index in [1.54, 1.807) is 18.3 Å². The van der Waals surface area contributed by atoms with Gasteiger partial charge in [0.15, 0.2) is 0 Å². The van der Waals surface area contributed by atoms with E-state index in [-0.39, 0.29) is 5.91 Å². The minimum absolute atomic E-state index is 0.239. The SMILES string of the molecule is O=C(Nc1cnn(CCN2CCOCC2)c1)c1ccc(Oc2ccccc2)nc1. The summed E-state index contributed by atoms with van der Waals surface area (Å²) < 4.78 is 12.8. The maximum absolute atomic E-state index is 12.4. The number of hydrogen-bond acceptors (Lipinski definition) is 6. The molecule has 3 heterocycles. The van der Waals surface area contributed by atoms with E-state index in [9.17, 15) is 4.79 Å². The number of hydrogen-bond donors (Lipinski definition) is 1. The zero-order valence-corrected chi connectivity index (χ0v) is 16.0. The highest BCUT2D eigenvalue weighted by Crippen LogP contribution is 2.19. The molecular weight excluding hydrogens is 370 g/mol. The number of anilines is 1. The predicted octanol–water partition coefficient (Wildman–Crippen LogP) is 2.65. The lowest BCUT2D eigenvalue weighted by molar-refractivity contribution is 0.0360. The van der Waals surface area contributed by atoms with E-state index in [1.165, 1.54) is 6.20 Å². The second-order valence-corrected chi connectivity index (χ2v) is 6.70. The van der Waals surface area contributed by atoms with Crippen LogP contribution in [0.5, 0.6) is 11.6 Å². The third kappa shape index (κ3) is 5.40. The lowest BCUT2D eigenvalue weighted by atomic mass is 10.2. The highest BCUT2D eigenvalue weighted by Gasteiger charge is 2.12. The van der Waals surface area contributed by atoms with E-state index in [4.69, 9.17) is 9.47 Å². The monoisotopic (exact) mass is 393 g/mol. The van der Waals surface area contributed by atoms with Crippen molar-refractivity contribution in [1.29, 1.82) is 0 Å². The summed E-state index contributed by atoms with van der Waals surface area (Å²) in [4.78, 5) is 19.0. The minimum atomic E-state index is -0.239. The van der Waals surface area contributed by atoms with Crippen molar-refractivity contribution in [3.05, 3.63) is 66.6 Å². The number of ether oxygens (including phenoxy) is 2. The molecule has 4 rings (SSSR count). The Labute approximate surface area is 169 Å². The molecule has 1 aliphatic rings. The number of aromatic nitrogens is 3. The number of carbonyl (C=O) groups excluding carboxylic acids is 1. The third-order valence-electron chi connectivity index (χ3n) is 4.60. The average molecular weight is 393 g/mol. The highest BCUT2D eigenvalue weighted by molar-refractivity contribution is 6.03. The van der Waals surface area contributed by atoms with Gasteiger partial charge in [0.25, 0.3) is 5.91 Å². The quantitative estimate of drug-likeness (QED) is 0.665. The van der Waals surface area contributed by atoms with Crippen LogP contribution < -0.4 is 10.1 Å². The van der Waals surface area contributed by atoms with E-state index in [0.717, 1.165) is 39.4 Å². The minimum Gasteiger partial charge on any atom is -0.439 e. The Bertz CT molecular complexity index is 921. The van der Waals surface area contributed by atoms with E-state index in [1.807, 2.05) is 41.2 Å². The average Bonchev–Trinajstić information content (AvgIpc) is 3.21. The number of nitrogens with zero attached hydrogens (tertiary/aromatic N) is 4. The summed E-state index contributed by atoms with van der Waals surface area (Å²) in [5.74, 6) is 0.891. The lowest BCUT2D eigenvalue weighted by Gasteiger charge is -2.26. The fraction of sp³-hybridized carbons (Fsp3) is 0.286. The van der Waals surface area contributed by atoms with Gasteiger partial charge in [-0.25, -0.2) is 4.98 Å². The van der Waals surface area contributed by atoms with Crippen molar-refractivity contribution >= 4 is 11.6 Å². The number of nitrogens with one attached hydrogen (secondary N) is 1. The van der Waals surface area contributed by atoms with Gasteiger partial charge in [-0.2, -0.15) is 5.10 Å². The van der Waals surface area contributed by atoms with Crippen molar-refractivity contribution in [3.63, 3.8) is 0 Å². The Morgan fingerprint density at radius 1 is 1.07 bits per heavy atom. The molecular formula is C21H23N5O3. The topological polar surface area (TPSA) is 81.5 Å². The molecule has 1 fully saturated rings. The molecule has 1 aliphatic heterocycles. The van der Waals surface area contributed by atoms with Crippen LogP contribution in [-0.4, -0.2) is 58.4 Å². The van der Waals surface area contributed by atoms with E-state index < -0.39 is 0 Å². The van der Waals surface area contributed by atoms with Crippen molar-refractivity contribution in [2.24, 2.45) is 0 Å². The van der Waals surface area contributed by atoms with E-state index in [2.05, 4.69) is 20.3 Å². The second kappa shape index (κ2) is 9.31. The van der Waals surface area contributed by atoms with Crippen LogP contribution in [-0.2, 0) is 11.3 Å². The van der Waals surface area contributed by atoms with Crippen LogP contribution in [0.4, 0.5) is 5.69 Å². The largest absolute Gasteiger partial charge is 0.439 e. The van der Waals surface area contributed by atoms with Crippen LogP contribution in [0.25, 0.3) is 0 Å². The van der Waals surface area contributed by atoms with Gasteiger partial charge >= 0.3 is 0 Å². The molecule has 2 aromatic heterocycles. The van der Waals surface area contributed by atoms with Crippen molar-refractivity contribution in [3.8, 4) is 11.6 Å². The fourth-order valence-electron chi connectivity index (χ4n) is 3.01. The molecule has 3 aromatic rings. The maximum atomic E-state index is 12.4. The van der Waals surface area contributed by atoms with Crippen molar-refractivity contribution in [1.82, 2.24) is 19.7 Å². The highest BCUT2D eigenvalue weighted by atomic mass is 16.5. The van der Waals surface area contributed by atoms with Gasteiger partial charge < -0.3 is 14.8 Å². The first-order valence-corrected chi connectivity index (χ1v) is 9.59. The Kier molecular flexibility index (Phi) is 6.13. The number of carbonyl (C=O) groups is 1. The maximum Gasteiger partial charge on any atom is 0.257 e. The summed E-state index contributed by atoms with van der Waals surface area (Å²) in [5, 5.41) is 7.17. The summed E-state index contributed by atoms with van der Waals surface area (Å²) >= 11 is 0. The van der Waals surface area contributed by atoms with E-state index >= 15 is 0 Å². The van der Waals surface area contributed by atoms with Gasteiger partial charge in [-0.3, -0.25) is 14.4 Å². The summed E-state index contributed by atoms with van der Waals surface area (Å²) in [6.07, 6.45) is 4.98. The van der Waals surface area contributed by atoms with Crippen LogP contribution >= 0.6 is 0 Å². The van der Waals surface area contributed by atoms with Crippen molar-refractivity contribution < 1.29 is 14.3 Å².